The average Bonchev–Trinajstić information content (AvgIpc) is 2.36. The number of amides is 3. The number of carbonyl (C=O) groups excluding carboxylic acids is 2. The van der Waals surface area contributed by atoms with Gasteiger partial charge in [0.05, 0.1) is 0 Å². The molecule has 1 rings (SSSR count). The van der Waals surface area contributed by atoms with Crippen molar-refractivity contribution in [3.05, 3.63) is 27.8 Å². The third-order valence-corrected chi connectivity index (χ3v) is 3.72. The molecule has 4 N–H and O–H groups in total. The summed E-state index contributed by atoms with van der Waals surface area (Å²) in [5.41, 5.74) is 5.78. The van der Waals surface area contributed by atoms with Gasteiger partial charge in [0, 0.05) is 9.26 Å². The molecule has 5 nitrogen and oxygen atoms in total. The van der Waals surface area contributed by atoms with Gasteiger partial charge in [-0.3, -0.25) is 4.79 Å². The molecule has 0 unspecified atom stereocenters. The lowest BCUT2D eigenvalue weighted by Gasteiger charge is -2.16. The summed E-state index contributed by atoms with van der Waals surface area (Å²) in [5.74, 6) is 0.513. The van der Waals surface area contributed by atoms with Gasteiger partial charge in [-0.15, -0.1) is 0 Å². The van der Waals surface area contributed by atoms with E-state index in [1.807, 2.05) is 30.5 Å². The summed E-state index contributed by atoms with van der Waals surface area (Å²) in [7, 11) is 0. The molecule has 0 aromatic heterocycles. The van der Waals surface area contributed by atoms with Gasteiger partial charge < -0.3 is 16.4 Å². The maximum absolute atomic E-state index is 12.0. The Morgan fingerprint density at radius 1 is 1.37 bits per heavy atom. The van der Waals surface area contributed by atoms with E-state index in [1.165, 1.54) is 0 Å². The maximum Gasteiger partial charge on any atom is 0.312 e. The average molecular weight is 393 g/mol. The summed E-state index contributed by atoms with van der Waals surface area (Å²) in [4.78, 5) is 22.9. The third-order valence-electron chi connectivity index (χ3n) is 2.36. The highest BCUT2D eigenvalue weighted by Crippen LogP contribution is 2.12. The molecular formula is C12H16IN3O2S. The van der Waals surface area contributed by atoms with Gasteiger partial charge in [-0.1, -0.05) is 0 Å². The van der Waals surface area contributed by atoms with Crippen LogP contribution in [0.25, 0.3) is 0 Å². The number of halogens is 1. The standard InChI is InChI=1S/C12H16IN3O2S/c1-19-7-6-10(16-12(14)18)11(17)15-9-4-2-8(13)3-5-9/h2-5,10H,6-7H2,1H3,(H,15,17)(H3,14,16,18)/t10-/m0/s1. The number of rotatable bonds is 6. The van der Waals surface area contributed by atoms with E-state index < -0.39 is 12.1 Å². The first-order chi connectivity index (χ1) is 9.02. The number of nitrogens with one attached hydrogen (secondary N) is 2. The van der Waals surface area contributed by atoms with Crippen molar-refractivity contribution in [2.45, 2.75) is 12.5 Å². The highest BCUT2D eigenvalue weighted by Gasteiger charge is 2.19. The van der Waals surface area contributed by atoms with Gasteiger partial charge in [0.25, 0.3) is 0 Å². The summed E-state index contributed by atoms with van der Waals surface area (Å²) in [6.07, 6.45) is 2.48. The van der Waals surface area contributed by atoms with Gasteiger partial charge in [-0.05, 0) is 65.3 Å². The minimum atomic E-state index is -0.691. The van der Waals surface area contributed by atoms with Crippen LogP contribution in [-0.2, 0) is 4.79 Å². The minimum absolute atomic E-state index is 0.256. The predicted molar refractivity (Wildman–Crippen MR) is 87.3 cm³/mol. The van der Waals surface area contributed by atoms with Crippen molar-refractivity contribution >= 4 is 52.0 Å². The SMILES string of the molecule is CSCC[C@H](NC(N)=O)C(=O)Nc1ccc(I)cc1. The Balaban J connectivity index is 2.64. The Morgan fingerprint density at radius 3 is 2.53 bits per heavy atom. The smallest absolute Gasteiger partial charge is 0.312 e. The van der Waals surface area contributed by atoms with Crippen molar-refractivity contribution in [3.8, 4) is 0 Å². The fourth-order valence-corrected chi connectivity index (χ4v) is 2.27. The lowest BCUT2D eigenvalue weighted by Crippen LogP contribution is -2.46. The second-order valence-electron chi connectivity index (χ2n) is 3.84. The first-order valence-corrected chi connectivity index (χ1v) is 8.11. The molecule has 1 aromatic rings. The van der Waals surface area contributed by atoms with Crippen molar-refractivity contribution in [2.75, 3.05) is 17.3 Å². The summed E-state index contributed by atoms with van der Waals surface area (Å²) in [6, 6.07) is 6.13. The van der Waals surface area contributed by atoms with Crippen LogP contribution in [0.15, 0.2) is 24.3 Å². The number of carbonyl (C=O) groups is 2. The highest BCUT2D eigenvalue weighted by atomic mass is 127. The van der Waals surface area contributed by atoms with Gasteiger partial charge >= 0.3 is 6.03 Å². The molecule has 0 bridgehead atoms. The quantitative estimate of drug-likeness (QED) is 0.647. The monoisotopic (exact) mass is 393 g/mol. The number of anilines is 1. The molecule has 1 aromatic carbocycles. The fraction of sp³-hybridized carbons (Fsp3) is 0.333. The van der Waals surface area contributed by atoms with Crippen molar-refractivity contribution < 1.29 is 9.59 Å². The number of hydrogen-bond acceptors (Lipinski definition) is 3. The first kappa shape index (κ1) is 16.1. The summed E-state index contributed by atoms with van der Waals surface area (Å²) < 4.78 is 1.09. The van der Waals surface area contributed by atoms with Crippen LogP contribution in [0.2, 0.25) is 0 Å². The fourth-order valence-electron chi connectivity index (χ4n) is 1.44. The van der Waals surface area contributed by atoms with Crippen LogP contribution in [0.3, 0.4) is 0 Å². The van der Waals surface area contributed by atoms with Crippen molar-refractivity contribution in [2.24, 2.45) is 5.73 Å². The normalized spacial score (nSPS) is 11.7. The number of hydrogen-bond donors (Lipinski definition) is 3. The van der Waals surface area contributed by atoms with Gasteiger partial charge in [0.2, 0.25) is 5.91 Å². The van der Waals surface area contributed by atoms with Gasteiger partial charge in [0.15, 0.2) is 0 Å². The Kier molecular flexibility index (Phi) is 7.00. The lowest BCUT2D eigenvalue weighted by atomic mass is 10.2. The topological polar surface area (TPSA) is 84.2 Å². The molecule has 0 spiro atoms. The minimum Gasteiger partial charge on any atom is -0.352 e. The zero-order valence-electron chi connectivity index (χ0n) is 10.5. The zero-order valence-corrected chi connectivity index (χ0v) is 13.5. The predicted octanol–water partition coefficient (Wildman–Crippen LogP) is 2.02. The van der Waals surface area contributed by atoms with Crippen LogP contribution >= 0.6 is 34.4 Å². The van der Waals surface area contributed by atoms with E-state index >= 15 is 0 Å². The van der Waals surface area contributed by atoms with E-state index in [-0.39, 0.29) is 5.91 Å². The van der Waals surface area contributed by atoms with Crippen molar-refractivity contribution in [3.63, 3.8) is 0 Å². The van der Waals surface area contributed by atoms with E-state index in [9.17, 15) is 9.59 Å². The maximum atomic E-state index is 12.0. The Hall–Kier alpha value is -0.960. The largest absolute Gasteiger partial charge is 0.352 e. The molecule has 0 saturated carbocycles. The van der Waals surface area contributed by atoms with Crippen LogP contribution in [-0.4, -0.2) is 30.0 Å². The van der Waals surface area contributed by atoms with Gasteiger partial charge in [-0.2, -0.15) is 11.8 Å². The Bertz CT molecular complexity index is 439. The summed E-state index contributed by atoms with van der Waals surface area (Å²) in [5, 5.41) is 5.22. The molecule has 0 aliphatic carbocycles. The Morgan fingerprint density at radius 2 is 2.00 bits per heavy atom. The Labute approximate surface area is 130 Å². The molecule has 0 heterocycles. The van der Waals surface area contributed by atoms with E-state index in [0.29, 0.717) is 12.1 Å². The molecule has 3 amide bonds. The third kappa shape index (κ3) is 6.15. The van der Waals surface area contributed by atoms with Crippen LogP contribution in [0, 0.1) is 3.57 Å². The second-order valence-corrected chi connectivity index (χ2v) is 6.07. The summed E-state index contributed by atoms with van der Waals surface area (Å²) in [6.45, 7) is 0. The molecule has 19 heavy (non-hydrogen) atoms. The molecule has 104 valence electrons. The first-order valence-electron chi connectivity index (χ1n) is 5.64. The van der Waals surface area contributed by atoms with Crippen molar-refractivity contribution in [1.29, 1.82) is 0 Å². The lowest BCUT2D eigenvalue weighted by molar-refractivity contribution is -0.117. The molecular weight excluding hydrogens is 377 g/mol. The molecule has 1 atom stereocenters. The molecule has 0 saturated heterocycles. The second kappa shape index (κ2) is 8.26. The molecule has 0 radical (unpaired) electrons. The van der Waals surface area contributed by atoms with Crippen LogP contribution in [0.5, 0.6) is 0 Å². The van der Waals surface area contributed by atoms with Crippen LogP contribution in [0.1, 0.15) is 6.42 Å². The van der Waals surface area contributed by atoms with Crippen LogP contribution in [0.4, 0.5) is 10.5 Å². The van der Waals surface area contributed by atoms with Gasteiger partial charge in [-0.25, -0.2) is 4.79 Å². The van der Waals surface area contributed by atoms with E-state index in [4.69, 9.17) is 5.73 Å². The zero-order chi connectivity index (χ0) is 14.3. The number of urea groups is 1. The van der Waals surface area contributed by atoms with Crippen LogP contribution < -0.4 is 16.4 Å². The number of thioether (sulfide) groups is 1. The van der Waals surface area contributed by atoms with E-state index in [2.05, 4.69) is 33.2 Å². The van der Waals surface area contributed by atoms with E-state index in [0.717, 1.165) is 9.32 Å². The summed E-state index contributed by atoms with van der Waals surface area (Å²) >= 11 is 3.80. The van der Waals surface area contributed by atoms with Gasteiger partial charge in [0.1, 0.15) is 6.04 Å². The molecule has 0 fully saturated rings. The van der Waals surface area contributed by atoms with E-state index in [1.54, 1.807) is 11.8 Å². The number of primary amides is 1. The molecule has 7 heteroatoms. The number of nitrogens with two attached hydrogens (primary N) is 1. The number of benzene rings is 1. The highest BCUT2D eigenvalue weighted by molar-refractivity contribution is 14.1. The van der Waals surface area contributed by atoms with Crippen molar-refractivity contribution in [1.82, 2.24) is 5.32 Å². The molecule has 0 aliphatic heterocycles. The molecule has 0 aliphatic rings.